The molecule has 1 aromatic heterocycles. The third kappa shape index (κ3) is 3.41. The van der Waals surface area contributed by atoms with E-state index in [-0.39, 0.29) is 17.2 Å². The van der Waals surface area contributed by atoms with Crippen molar-refractivity contribution in [3.63, 3.8) is 0 Å². The van der Waals surface area contributed by atoms with Crippen LogP contribution >= 0.6 is 22.9 Å². The molecule has 1 aromatic rings. The van der Waals surface area contributed by atoms with Crippen molar-refractivity contribution >= 4 is 28.8 Å². The summed E-state index contributed by atoms with van der Waals surface area (Å²) in [5.41, 5.74) is 0. The molecule has 1 aliphatic heterocycles. The number of amides is 1. The van der Waals surface area contributed by atoms with Crippen LogP contribution in [0.2, 0.25) is 5.15 Å². The quantitative estimate of drug-likeness (QED) is 0.864. The minimum absolute atomic E-state index is 0.176. The van der Waals surface area contributed by atoms with Gasteiger partial charge in [-0.1, -0.05) is 11.6 Å². The summed E-state index contributed by atoms with van der Waals surface area (Å²) in [4.78, 5) is 18.4. The zero-order valence-electron chi connectivity index (χ0n) is 10.1. The average Bonchev–Trinajstić information content (AvgIpc) is 2.85. The van der Waals surface area contributed by atoms with Gasteiger partial charge in [-0.3, -0.25) is 9.69 Å². The lowest BCUT2D eigenvalue weighted by Crippen LogP contribution is -2.34. The van der Waals surface area contributed by atoms with Gasteiger partial charge in [0.05, 0.1) is 11.1 Å². The molecule has 7 heteroatoms. The maximum absolute atomic E-state index is 11.8. The van der Waals surface area contributed by atoms with E-state index in [1.807, 2.05) is 6.92 Å². The van der Waals surface area contributed by atoms with Crippen LogP contribution in [0.1, 0.15) is 21.1 Å². The number of aromatic nitrogens is 1. The van der Waals surface area contributed by atoms with Gasteiger partial charge < -0.3 is 10.4 Å². The largest absolute Gasteiger partial charge is 0.392 e. The van der Waals surface area contributed by atoms with E-state index in [1.54, 1.807) is 0 Å². The van der Waals surface area contributed by atoms with E-state index in [1.165, 1.54) is 11.3 Å². The molecule has 1 amide bonds. The number of carbonyl (C=O) groups is 1. The van der Waals surface area contributed by atoms with Crippen LogP contribution < -0.4 is 5.32 Å². The lowest BCUT2D eigenvalue weighted by molar-refractivity contribution is 0.0953. The highest BCUT2D eigenvalue weighted by molar-refractivity contribution is 7.14. The molecule has 0 radical (unpaired) electrons. The molecule has 0 bridgehead atoms. The molecule has 2 rings (SSSR count). The zero-order valence-corrected chi connectivity index (χ0v) is 11.7. The maximum atomic E-state index is 11.8. The van der Waals surface area contributed by atoms with Crippen LogP contribution in [0.4, 0.5) is 0 Å². The van der Waals surface area contributed by atoms with E-state index in [2.05, 4.69) is 15.2 Å². The number of β-amino-alcohol motifs (C(OH)–C–C–N with tert-alkyl or cyclic N) is 1. The van der Waals surface area contributed by atoms with Gasteiger partial charge in [0.1, 0.15) is 4.88 Å². The topological polar surface area (TPSA) is 65.5 Å². The van der Waals surface area contributed by atoms with E-state index in [9.17, 15) is 9.90 Å². The molecule has 1 fully saturated rings. The van der Waals surface area contributed by atoms with Gasteiger partial charge in [0.15, 0.2) is 5.15 Å². The number of hydrogen-bond donors (Lipinski definition) is 2. The van der Waals surface area contributed by atoms with Crippen molar-refractivity contribution in [3.8, 4) is 0 Å². The van der Waals surface area contributed by atoms with Gasteiger partial charge in [0.25, 0.3) is 5.91 Å². The highest BCUT2D eigenvalue weighted by Crippen LogP contribution is 2.21. The molecule has 0 aliphatic carbocycles. The Labute approximate surface area is 115 Å². The smallest absolute Gasteiger partial charge is 0.264 e. The Balaban J connectivity index is 1.77. The Morgan fingerprint density at radius 1 is 1.72 bits per heavy atom. The molecule has 2 N–H and O–H groups in total. The van der Waals surface area contributed by atoms with Crippen molar-refractivity contribution in [2.45, 2.75) is 19.4 Å². The fourth-order valence-electron chi connectivity index (χ4n) is 1.96. The highest BCUT2D eigenvalue weighted by atomic mass is 35.5. The third-order valence-corrected chi connectivity index (χ3v) is 4.22. The molecular formula is C11H16ClN3O2S. The molecule has 2 heterocycles. The molecule has 0 saturated carbocycles. The SMILES string of the molecule is Cc1nc(Cl)c(C(=O)NCCN2CCC(O)C2)s1. The van der Waals surface area contributed by atoms with Crippen LogP contribution in [0.3, 0.4) is 0 Å². The lowest BCUT2D eigenvalue weighted by atomic mass is 10.3. The molecular weight excluding hydrogens is 274 g/mol. The molecule has 100 valence electrons. The second kappa shape index (κ2) is 5.97. The predicted molar refractivity (Wildman–Crippen MR) is 71.3 cm³/mol. The highest BCUT2D eigenvalue weighted by Gasteiger charge is 2.20. The van der Waals surface area contributed by atoms with E-state index >= 15 is 0 Å². The number of carbonyl (C=O) groups excluding carboxylic acids is 1. The van der Waals surface area contributed by atoms with Crippen molar-refractivity contribution in [1.82, 2.24) is 15.2 Å². The van der Waals surface area contributed by atoms with Crippen molar-refractivity contribution in [2.24, 2.45) is 0 Å². The van der Waals surface area contributed by atoms with Crippen LogP contribution in [0, 0.1) is 6.92 Å². The van der Waals surface area contributed by atoms with Crippen LogP contribution in [-0.4, -0.2) is 53.2 Å². The van der Waals surface area contributed by atoms with Gasteiger partial charge in [0.2, 0.25) is 0 Å². The summed E-state index contributed by atoms with van der Waals surface area (Å²) in [6, 6.07) is 0. The van der Waals surface area contributed by atoms with Crippen molar-refractivity contribution in [1.29, 1.82) is 0 Å². The third-order valence-electron chi connectivity index (χ3n) is 2.86. The summed E-state index contributed by atoms with van der Waals surface area (Å²) in [5, 5.41) is 13.2. The number of halogens is 1. The summed E-state index contributed by atoms with van der Waals surface area (Å²) in [7, 11) is 0. The van der Waals surface area contributed by atoms with Crippen LogP contribution in [0.5, 0.6) is 0 Å². The number of nitrogens with one attached hydrogen (secondary N) is 1. The standard InChI is InChI=1S/C11H16ClN3O2S/c1-7-14-10(12)9(18-7)11(17)13-3-5-15-4-2-8(16)6-15/h8,16H,2-6H2,1H3,(H,13,17). The number of aryl methyl sites for hydroxylation is 1. The Morgan fingerprint density at radius 3 is 3.06 bits per heavy atom. The second-order valence-electron chi connectivity index (χ2n) is 4.35. The fourth-order valence-corrected chi connectivity index (χ4v) is 3.07. The number of hydrogen-bond acceptors (Lipinski definition) is 5. The minimum Gasteiger partial charge on any atom is -0.392 e. The summed E-state index contributed by atoms with van der Waals surface area (Å²) >= 11 is 7.16. The van der Waals surface area contributed by atoms with Crippen molar-refractivity contribution < 1.29 is 9.90 Å². The monoisotopic (exact) mass is 289 g/mol. The Morgan fingerprint density at radius 2 is 2.50 bits per heavy atom. The van der Waals surface area contributed by atoms with Gasteiger partial charge in [-0.2, -0.15) is 0 Å². The first-order valence-corrected chi connectivity index (χ1v) is 7.07. The summed E-state index contributed by atoms with van der Waals surface area (Å²) in [5.74, 6) is -0.176. The summed E-state index contributed by atoms with van der Waals surface area (Å²) in [6.07, 6.45) is 0.590. The number of aliphatic hydroxyl groups is 1. The number of aliphatic hydroxyl groups excluding tert-OH is 1. The first-order chi connectivity index (χ1) is 8.56. The van der Waals surface area contributed by atoms with Gasteiger partial charge in [0, 0.05) is 26.2 Å². The van der Waals surface area contributed by atoms with Crippen LogP contribution in [0.15, 0.2) is 0 Å². The molecule has 18 heavy (non-hydrogen) atoms. The van der Waals surface area contributed by atoms with Crippen molar-refractivity contribution in [2.75, 3.05) is 26.2 Å². The summed E-state index contributed by atoms with van der Waals surface area (Å²) in [6.45, 7) is 4.70. The first kappa shape index (κ1) is 13.7. The van der Waals surface area contributed by atoms with Gasteiger partial charge in [-0.05, 0) is 13.3 Å². The average molecular weight is 290 g/mol. The molecule has 5 nitrogen and oxygen atoms in total. The Hall–Kier alpha value is -0.690. The summed E-state index contributed by atoms with van der Waals surface area (Å²) < 4.78 is 0. The van der Waals surface area contributed by atoms with E-state index in [0.717, 1.165) is 24.5 Å². The molecule has 1 atom stereocenters. The number of nitrogens with zero attached hydrogens (tertiary/aromatic N) is 2. The normalized spacial score (nSPS) is 20.3. The Bertz CT molecular complexity index is 438. The lowest BCUT2D eigenvalue weighted by Gasteiger charge is -2.14. The molecule has 1 unspecified atom stereocenters. The van der Waals surface area contributed by atoms with E-state index < -0.39 is 0 Å². The molecule has 0 aromatic carbocycles. The molecule has 0 spiro atoms. The second-order valence-corrected chi connectivity index (χ2v) is 5.91. The first-order valence-electron chi connectivity index (χ1n) is 5.88. The van der Waals surface area contributed by atoms with Crippen LogP contribution in [0.25, 0.3) is 0 Å². The van der Waals surface area contributed by atoms with Gasteiger partial charge >= 0.3 is 0 Å². The molecule has 1 saturated heterocycles. The number of thiazole rings is 1. The number of rotatable bonds is 4. The maximum Gasteiger partial charge on any atom is 0.264 e. The predicted octanol–water partition coefficient (Wildman–Crippen LogP) is 0.901. The minimum atomic E-state index is -0.223. The number of likely N-dealkylation sites (tertiary alicyclic amines) is 1. The zero-order chi connectivity index (χ0) is 13.1. The van der Waals surface area contributed by atoms with E-state index in [0.29, 0.717) is 18.0 Å². The van der Waals surface area contributed by atoms with Gasteiger partial charge in [-0.25, -0.2) is 4.98 Å². The fraction of sp³-hybridized carbons (Fsp3) is 0.636. The Kier molecular flexibility index (Phi) is 4.55. The van der Waals surface area contributed by atoms with E-state index in [4.69, 9.17) is 11.6 Å². The van der Waals surface area contributed by atoms with Crippen molar-refractivity contribution in [3.05, 3.63) is 15.0 Å². The molecule has 1 aliphatic rings. The van der Waals surface area contributed by atoms with Crippen LogP contribution in [-0.2, 0) is 0 Å². The van der Waals surface area contributed by atoms with Gasteiger partial charge in [-0.15, -0.1) is 11.3 Å².